The van der Waals surface area contributed by atoms with Crippen molar-refractivity contribution in [3.63, 3.8) is 0 Å². The first-order valence-corrected chi connectivity index (χ1v) is 7.82. The van der Waals surface area contributed by atoms with E-state index in [0.717, 1.165) is 26.1 Å². The number of hydrogen-bond acceptors (Lipinski definition) is 2. The summed E-state index contributed by atoms with van der Waals surface area (Å²) in [5.74, 6) is 0.510. The summed E-state index contributed by atoms with van der Waals surface area (Å²) in [5, 5.41) is 3.64. The molecule has 0 bridgehead atoms. The quantitative estimate of drug-likeness (QED) is 0.890. The Kier molecular flexibility index (Phi) is 5.55. The molecule has 1 heterocycles. The van der Waals surface area contributed by atoms with Gasteiger partial charge in [-0.2, -0.15) is 0 Å². The zero-order chi connectivity index (χ0) is 14.5. The Labute approximate surface area is 122 Å². The van der Waals surface area contributed by atoms with Crippen LogP contribution in [0.3, 0.4) is 0 Å². The molecule has 1 aliphatic rings. The van der Waals surface area contributed by atoms with Crippen LogP contribution in [0, 0.1) is 11.7 Å². The van der Waals surface area contributed by atoms with Crippen LogP contribution >= 0.6 is 0 Å². The minimum atomic E-state index is -0.151. The van der Waals surface area contributed by atoms with E-state index in [4.69, 9.17) is 0 Å². The van der Waals surface area contributed by atoms with Crippen LogP contribution in [0.15, 0.2) is 24.3 Å². The lowest BCUT2D eigenvalue weighted by Crippen LogP contribution is -2.58. The first kappa shape index (κ1) is 15.5. The highest BCUT2D eigenvalue weighted by atomic mass is 19.1. The maximum atomic E-state index is 12.9. The van der Waals surface area contributed by atoms with Crippen LogP contribution in [0.4, 0.5) is 4.39 Å². The normalized spacial score (nSPS) is 24.2. The molecule has 0 radical (unpaired) electrons. The van der Waals surface area contributed by atoms with Crippen LogP contribution in [0.1, 0.15) is 32.8 Å². The van der Waals surface area contributed by atoms with Crippen molar-refractivity contribution < 1.29 is 4.39 Å². The summed E-state index contributed by atoms with van der Waals surface area (Å²) in [6.45, 7) is 10.1. The summed E-state index contributed by atoms with van der Waals surface area (Å²) >= 11 is 0. The van der Waals surface area contributed by atoms with E-state index in [-0.39, 0.29) is 5.82 Å². The maximum absolute atomic E-state index is 12.9. The van der Waals surface area contributed by atoms with Crippen molar-refractivity contribution in [2.75, 3.05) is 19.6 Å². The third-order valence-electron chi connectivity index (χ3n) is 4.40. The fraction of sp³-hybridized carbons (Fsp3) is 0.647. The number of nitrogens with zero attached hydrogens (tertiary/aromatic N) is 1. The third kappa shape index (κ3) is 4.03. The fourth-order valence-corrected chi connectivity index (χ4v) is 3.01. The minimum Gasteiger partial charge on any atom is -0.311 e. The van der Waals surface area contributed by atoms with Crippen LogP contribution in [0.25, 0.3) is 0 Å². The second kappa shape index (κ2) is 7.19. The van der Waals surface area contributed by atoms with Gasteiger partial charge < -0.3 is 5.32 Å². The van der Waals surface area contributed by atoms with E-state index in [1.54, 1.807) is 12.1 Å². The molecule has 20 heavy (non-hydrogen) atoms. The summed E-state index contributed by atoms with van der Waals surface area (Å²) < 4.78 is 12.9. The molecule has 2 atom stereocenters. The van der Waals surface area contributed by atoms with Gasteiger partial charge in [0.2, 0.25) is 0 Å². The summed E-state index contributed by atoms with van der Waals surface area (Å²) in [5.41, 5.74) is 1.22. The second-order valence-corrected chi connectivity index (χ2v) is 6.20. The first-order valence-electron chi connectivity index (χ1n) is 7.82. The average Bonchev–Trinajstić information content (AvgIpc) is 2.46. The van der Waals surface area contributed by atoms with Gasteiger partial charge in [-0.1, -0.05) is 32.9 Å². The predicted molar refractivity (Wildman–Crippen MR) is 82.4 cm³/mol. The lowest BCUT2D eigenvalue weighted by molar-refractivity contribution is 0.0985. The van der Waals surface area contributed by atoms with Gasteiger partial charge in [0.15, 0.2) is 0 Å². The molecule has 1 N–H and O–H groups in total. The van der Waals surface area contributed by atoms with E-state index < -0.39 is 0 Å². The predicted octanol–water partition coefficient (Wildman–Crippen LogP) is 3.08. The Balaban J connectivity index is 1.94. The Morgan fingerprint density at radius 3 is 2.60 bits per heavy atom. The Morgan fingerprint density at radius 2 is 2.00 bits per heavy atom. The van der Waals surface area contributed by atoms with Crippen molar-refractivity contribution in [2.24, 2.45) is 5.92 Å². The van der Waals surface area contributed by atoms with E-state index in [1.165, 1.54) is 12.0 Å². The molecule has 0 aromatic heterocycles. The highest BCUT2D eigenvalue weighted by Crippen LogP contribution is 2.17. The second-order valence-electron chi connectivity index (χ2n) is 6.20. The summed E-state index contributed by atoms with van der Waals surface area (Å²) in [6, 6.07) is 8.14. The molecule has 3 heteroatoms. The van der Waals surface area contributed by atoms with Gasteiger partial charge in [0.25, 0.3) is 0 Å². The molecule has 112 valence electrons. The van der Waals surface area contributed by atoms with E-state index in [2.05, 4.69) is 31.0 Å². The molecular weight excluding hydrogens is 251 g/mol. The summed E-state index contributed by atoms with van der Waals surface area (Å²) in [4.78, 5) is 2.61. The van der Waals surface area contributed by atoms with Gasteiger partial charge in [-0.15, -0.1) is 0 Å². The molecule has 0 spiro atoms. The standard InChI is InChI=1S/C17H27FN2/c1-4-16-12-20(17(11-19-16)13(2)3)10-9-14-5-7-15(18)8-6-14/h5-8,13,16-17,19H,4,9-12H2,1-3H3. The molecule has 1 saturated heterocycles. The van der Waals surface area contributed by atoms with Crippen molar-refractivity contribution in [3.05, 3.63) is 35.6 Å². The van der Waals surface area contributed by atoms with Gasteiger partial charge in [-0.05, 0) is 36.5 Å². The number of hydrogen-bond donors (Lipinski definition) is 1. The number of benzene rings is 1. The highest BCUT2D eigenvalue weighted by Gasteiger charge is 2.28. The highest BCUT2D eigenvalue weighted by molar-refractivity contribution is 5.16. The fourth-order valence-electron chi connectivity index (χ4n) is 3.01. The summed E-state index contributed by atoms with van der Waals surface area (Å²) in [6.07, 6.45) is 2.18. The minimum absolute atomic E-state index is 0.151. The van der Waals surface area contributed by atoms with E-state index >= 15 is 0 Å². The Morgan fingerprint density at radius 1 is 1.30 bits per heavy atom. The van der Waals surface area contributed by atoms with Crippen LogP contribution in [-0.2, 0) is 6.42 Å². The molecule has 2 nitrogen and oxygen atoms in total. The SMILES string of the molecule is CCC1CN(CCc2ccc(F)cc2)C(C(C)C)CN1. The van der Waals surface area contributed by atoms with Crippen molar-refractivity contribution >= 4 is 0 Å². The van der Waals surface area contributed by atoms with Crippen LogP contribution in [-0.4, -0.2) is 36.6 Å². The number of piperazine rings is 1. The van der Waals surface area contributed by atoms with Gasteiger partial charge in [0.05, 0.1) is 0 Å². The van der Waals surface area contributed by atoms with Gasteiger partial charge >= 0.3 is 0 Å². The molecule has 1 aliphatic heterocycles. The van der Waals surface area contributed by atoms with Gasteiger partial charge in [-0.25, -0.2) is 4.39 Å². The molecule has 0 saturated carbocycles. The lowest BCUT2D eigenvalue weighted by Gasteiger charge is -2.42. The zero-order valence-electron chi connectivity index (χ0n) is 12.9. The maximum Gasteiger partial charge on any atom is 0.123 e. The van der Waals surface area contributed by atoms with Gasteiger partial charge in [0, 0.05) is 31.7 Å². The van der Waals surface area contributed by atoms with Crippen LogP contribution in [0.5, 0.6) is 0 Å². The van der Waals surface area contributed by atoms with Crippen molar-refractivity contribution in [2.45, 2.75) is 45.7 Å². The zero-order valence-corrected chi connectivity index (χ0v) is 12.9. The van der Waals surface area contributed by atoms with Gasteiger partial charge in [-0.3, -0.25) is 4.90 Å². The third-order valence-corrected chi connectivity index (χ3v) is 4.40. The Hall–Kier alpha value is -0.930. The van der Waals surface area contributed by atoms with E-state index in [9.17, 15) is 4.39 Å². The number of rotatable bonds is 5. The first-order chi connectivity index (χ1) is 9.60. The monoisotopic (exact) mass is 278 g/mol. The molecule has 0 amide bonds. The lowest BCUT2D eigenvalue weighted by atomic mass is 9.97. The molecule has 2 rings (SSSR count). The topological polar surface area (TPSA) is 15.3 Å². The largest absolute Gasteiger partial charge is 0.311 e. The van der Waals surface area contributed by atoms with Crippen molar-refractivity contribution in [1.29, 1.82) is 0 Å². The smallest absolute Gasteiger partial charge is 0.123 e. The van der Waals surface area contributed by atoms with E-state index in [0.29, 0.717) is 18.0 Å². The Bertz CT molecular complexity index is 402. The molecule has 0 aliphatic carbocycles. The van der Waals surface area contributed by atoms with Crippen LogP contribution < -0.4 is 5.32 Å². The van der Waals surface area contributed by atoms with Gasteiger partial charge in [0.1, 0.15) is 5.82 Å². The molecule has 2 unspecified atom stereocenters. The number of halogens is 1. The van der Waals surface area contributed by atoms with Crippen LogP contribution in [0.2, 0.25) is 0 Å². The number of nitrogens with one attached hydrogen (secondary N) is 1. The molecule has 1 aromatic carbocycles. The van der Waals surface area contributed by atoms with E-state index in [1.807, 2.05) is 12.1 Å². The summed E-state index contributed by atoms with van der Waals surface area (Å²) in [7, 11) is 0. The molecule has 1 fully saturated rings. The van der Waals surface area contributed by atoms with Crippen molar-refractivity contribution in [3.8, 4) is 0 Å². The molecular formula is C17H27FN2. The van der Waals surface area contributed by atoms with Crippen molar-refractivity contribution in [1.82, 2.24) is 10.2 Å². The molecule has 1 aromatic rings. The average molecular weight is 278 g/mol.